The zero-order valence-electron chi connectivity index (χ0n) is 10.9. The average molecular weight is 237 g/mol. The zero-order valence-corrected chi connectivity index (χ0v) is 10.9. The SMILES string of the molecule is COC(C)(C)CCC(Cc1cccnc1)NN. The van der Waals surface area contributed by atoms with Crippen molar-refractivity contribution in [3.05, 3.63) is 30.1 Å². The number of hydrogen-bond donors (Lipinski definition) is 2. The third kappa shape index (κ3) is 5.26. The summed E-state index contributed by atoms with van der Waals surface area (Å²) in [5.41, 5.74) is 3.97. The van der Waals surface area contributed by atoms with E-state index in [4.69, 9.17) is 10.6 Å². The van der Waals surface area contributed by atoms with Crippen molar-refractivity contribution in [1.29, 1.82) is 0 Å². The van der Waals surface area contributed by atoms with E-state index in [-0.39, 0.29) is 11.6 Å². The van der Waals surface area contributed by atoms with Crippen molar-refractivity contribution in [2.45, 2.75) is 44.8 Å². The fourth-order valence-electron chi connectivity index (χ4n) is 1.67. The Hall–Kier alpha value is -0.970. The summed E-state index contributed by atoms with van der Waals surface area (Å²) in [5, 5.41) is 0. The number of nitrogens with two attached hydrogens (primary N) is 1. The lowest BCUT2D eigenvalue weighted by molar-refractivity contribution is 0.0117. The minimum atomic E-state index is -0.0932. The molecule has 0 radical (unpaired) electrons. The van der Waals surface area contributed by atoms with E-state index in [0.29, 0.717) is 0 Å². The fraction of sp³-hybridized carbons (Fsp3) is 0.615. The van der Waals surface area contributed by atoms with Crippen LogP contribution in [0.4, 0.5) is 0 Å². The standard InChI is InChI=1S/C13H23N3O/c1-13(2,17-3)7-6-12(16-14)9-11-5-4-8-15-10-11/h4-5,8,10,12,16H,6-7,9,14H2,1-3H3. The van der Waals surface area contributed by atoms with Gasteiger partial charge in [0, 0.05) is 25.5 Å². The first-order valence-corrected chi connectivity index (χ1v) is 5.97. The second kappa shape index (κ2) is 6.69. The first-order valence-electron chi connectivity index (χ1n) is 5.97. The molecule has 0 fully saturated rings. The molecule has 0 bridgehead atoms. The lowest BCUT2D eigenvalue weighted by atomic mass is 9.96. The van der Waals surface area contributed by atoms with Crippen molar-refractivity contribution in [2.24, 2.45) is 5.84 Å². The highest BCUT2D eigenvalue weighted by atomic mass is 16.5. The molecule has 1 atom stereocenters. The van der Waals surface area contributed by atoms with Crippen molar-refractivity contribution in [3.63, 3.8) is 0 Å². The Morgan fingerprint density at radius 1 is 1.53 bits per heavy atom. The molecule has 0 saturated carbocycles. The molecule has 0 aliphatic heterocycles. The van der Waals surface area contributed by atoms with Gasteiger partial charge in [0.15, 0.2) is 0 Å². The van der Waals surface area contributed by atoms with E-state index in [2.05, 4.69) is 30.3 Å². The second-order valence-corrected chi connectivity index (χ2v) is 4.93. The second-order valence-electron chi connectivity index (χ2n) is 4.93. The monoisotopic (exact) mass is 237 g/mol. The van der Waals surface area contributed by atoms with E-state index in [1.807, 2.05) is 12.3 Å². The summed E-state index contributed by atoms with van der Waals surface area (Å²) >= 11 is 0. The van der Waals surface area contributed by atoms with Crippen LogP contribution in [0.15, 0.2) is 24.5 Å². The molecule has 0 saturated heterocycles. The van der Waals surface area contributed by atoms with Gasteiger partial charge in [-0.25, -0.2) is 0 Å². The van der Waals surface area contributed by atoms with Crippen LogP contribution in [0.2, 0.25) is 0 Å². The van der Waals surface area contributed by atoms with Gasteiger partial charge >= 0.3 is 0 Å². The molecule has 0 aliphatic carbocycles. The Kier molecular flexibility index (Phi) is 5.55. The Balaban J connectivity index is 2.44. The maximum absolute atomic E-state index is 5.58. The summed E-state index contributed by atoms with van der Waals surface area (Å²) < 4.78 is 5.40. The molecule has 0 aliphatic rings. The van der Waals surface area contributed by atoms with Gasteiger partial charge in [-0.3, -0.25) is 16.3 Å². The molecule has 4 heteroatoms. The van der Waals surface area contributed by atoms with Crippen molar-refractivity contribution in [2.75, 3.05) is 7.11 Å². The molecule has 1 rings (SSSR count). The average Bonchev–Trinajstić information content (AvgIpc) is 2.35. The Morgan fingerprint density at radius 3 is 2.82 bits per heavy atom. The third-order valence-electron chi connectivity index (χ3n) is 3.09. The Bertz CT molecular complexity index is 314. The van der Waals surface area contributed by atoms with Gasteiger partial charge in [0.2, 0.25) is 0 Å². The van der Waals surface area contributed by atoms with Crippen molar-refractivity contribution >= 4 is 0 Å². The van der Waals surface area contributed by atoms with Crippen LogP contribution in [0.25, 0.3) is 0 Å². The van der Waals surface area contributed by atoms with E-state index in [1.165, 1.54) is 5.56 Å². The van der Waals surface area contributed by atoms with Gasteiger partial charge in [-0.05, 0) is 44.7 Å². The molecule has 1 heterocycles. The predicted molar refractivity (Wildman–Crippen MR) is 69.4 cm³/mol. The van der Waals surface area contributed by atoms with Crippen LogP contribution >= 0.6 is 0 Å². The number of pyridine rings is 1. The van der Waals surface area contributed by atoms with Crippen LogP contribution in [0.1, 0.15) is 32.3 Å². The molecule has 1 aromatic heterocycles. The van der Waals surface area contributed by atoms with E-state index >= 15 is 0 Å². The third-order valence-corrected chi connectivity index (χ3v) is 3.09. The number of methoxy groups -OCH3 is 1. The van der Waals surface area contributed by atoms with Crippen LogP contribution in [0.3, 0.4) is 0 Å². The highest BCUT2D eigenvalue weighted by Crippen LogP contribution is 2.17. The fourth-order valence-corrected chi connectivity index (χ4v) is 1.67. The predicted octanol–water partition coefficient (Wildman–Crippen LogP) is 1.66. The number of hydrazine groups is 1. The van der Waals surface area contributed by atoms with Gasteiger partial charge in [0.05, 0.1) is 5.60 Å². The molecule has 0 spiro atoms. The van der Waals surface area contributed by atoms with Crippen molar-refractivity contribution in [3.8, 4) is 0 Å². The van der Waals surface area contributed by atoms with Crippen molar-refractivity contribution in [1.82, 2.24) is 10.4 Å². The topological polar surface area (TPSA) is 60.2 Å². The Morgan fingerprint density at radius 2 is 2.29 bits per heavy atom. The number of hydrogen-bond acceptors (Lipinski definition) is 4. The number of rotatable bonds is 7. The normalized spacial score (nSPS) is 13.6. The quantitative estimate of drug-likeness (QED) is 0.559. The summed E-state index contributed by atoms with van der Waals surface area (Å²) in [5.74, 6) is 5.58. The molecule has 0 amide bonds. The minimum absolute atomic E-state index is 0.0932. The molecule has 96 valence electrons. The number of nitrogens with zero attached hydrogens (tertiary/aromatic N) is 1. The van der Waals surface area contributed by atoms with E-state index < -0.39 is 0 Å². The van der Waals surface area contributed by atoms with Gasteiger partial charge in [-0.1, -0.05) is 6.07 Å². The maximum atomic E-state index is 5.58. The summed E-state index contributed by atoms with van der Waals surface area (Å²) in [4.78, 5) is 4.10. The number of aromatic nitrogens is 1. The van der Waals surface area contributed by atoms with Gasteiger partial charge in [-0.15, -0.1) is 0 Å². The van der Waals surface area contributed by atoms with Gasteiger partial charge < -0.3 is 4.74 Å². The smallest absolute Gasteiger partial charge is 0.0623 e. The van der Waals surface area contributed by atoms with Gasteiger partial charge in [-0.2, -0.15) is 0 Å². The molecule has 3 N–H and O–H groups in total. The summed E-state index contributed by atoms with van der Waals surface area (Å²) in [6.07, 6.45) is 6.50. The summed E-state index contributed by atoms with van der Waals surface area (Å²) in [6.45, 7) is 4.18. The summed E-state index contributed by atoms with van der Waals surface area (Å²) in [6, 6.07) is 4.27. The zero-order chi connectivity index (χ0) is 12.7. The van der Waals surface area contributed by atoms with Gasteiger partial charge in [0.1, 0.15) is 0 Å². The van der Waals surface area contributed by atoms with Crippen LogP contribution < -0.4 is 11.3 Å². The van der Waals surface area contributed by atoms with Crippen LogP contribution in [-0.4, -0.2) is 23.7 Å². The van der Waals surface area contributed by atoms with Crippen LogP contribution in [-0.2, 0) is 11.2 Å². The molecule has 0 aromatic carbocycles. The molecular formula is C13H23N3O. The van der Waals surface area contributed by atoms with E-state index in [0.717, 1.165) is 19.3 Å². The minimum Gasteiger partial charge on any atom is -0.379 e. The van der Waals surface area contributed by atoms with E-state index in [1.54, 1.807) is 13.3 Å². The number of ether oxygens (including phenoxy) is 1. The van der Waals surface area contributed by atoms with Crippen molar-refractivity contribution < 1.29 is 4.74 Å². The molecule has 1 unspecified atom stereocenters. The molecular weight excluding hydrogens is 214 g/mol. The lowest BCUT2D eigenvalue weighted by Crippen LogP contribution is -2.38. The lowest BCUT2D eigenvalue weighted by Gasteiger charge is -2.25. The molecule has 1 aromatic rings. The van der Waals surface area contributed by atoms with Crippen LogP contribution in [0.5, 0.6) is 0 Å². The highest BCUT2D eigenvalue weighted by molar-refractivity contribution is 5.10. The first-order chi connectivity index (χ1) is 8.07. The van der Waals surface area contributed by atoms with Gasteiger partial charge in [0.25, 0.3) is 0 Å². The first kappa shape index (κ1) is 14.1. The van der Waals surface area contributed by atoms with Crippen LogP contribution in [0, 0.1) is 0 Å². The maximum Gasteiger partial charge on any atom is 0.0623 e. The Labute approximate surface area is 104 Å². The largest absolute Gasteiger partial charge is 0.379 e. The summed E-state index contributed by atoms with van der Waals surface area (Å²) in [7, 11) is 1.74. The molecule has 17 heavy (non-hydrogen) atoms. The van der Waals surface area contributed by atoms with E-state index in [9.17, 15) is 0 Å². The molecule has 4 nitrogen and oxygen atoms in total. The number of nitrogens with one attached hydrogen (secondary N) is 1. The highest BCUT2D eigenvalue weighted by Gasteiger charge is 2.18.